The fourth-order valence-corrected chi connectivity index (χ4v) is 2.33. The number of benzene rings is 1. The summed E-state index contributed by atoms with van der Waals surface area (Å²) in [6, 6.07) is 7.20. The van der Waals surface area contributed by atoms with E-state index in [2.05, 4.69) is 9.44 Å². The number of nitrogens with one attached hydrogen (secondary N) is 2. The third-order valence-corrected chi connectivity index (χ3v) is 3.27. The molecule has 0 saturated heterocycles. The highest BCUT2D eigenvalue weighted by Crippen LogP contribution is 2.10. The van der Waals surface area contributed by atoms with Crippen molar-refractivity contribution >= 4 is 15.9 Å². The van der Waals surface area contributed by atoms with Gasteiger partial charge in [0.1, 0.15) is 0 Å². The molecule has 1 rings (SSSR count). The van der Waals surface area contributed by atoms with Gasteiger partial charge in [0.25, 0.3) is 10.2 Å². The van der Waals surface area contributed by atoms with E-state index in [4.69, 9.17) is 5.73 Å². The van der Waals surface area contributed by atoms with Crippen molar-refractivity contribution in [3.8, 4) is 0 Å². The van der Waals surface area contributed by atoms with Crippen LogP contribution in [0.4, 0.5) is 5.69 Å². The summed E-state index contributed by atoms with van der Waals surface area (Å²) in [4.78, 5) is 0. The van der Waals surface area contributed by atoms with Crippen molar-refractivity contribution in [2.75, 3.05) is 17.8 Å². The van der Waals surface area contributed by atoms with Crippen LogP contribution in [0.2, 0.25) is 0 Å². The molecule has 0 amide bonds. The third kappa shape index (κ3) is 5.16. The fourth-order valence-electron chi connectivity index (χ4n) is 1.33. The molecule has 5 nitrogen and oxygen atoms in total. The zero-order valence-corrected chi connectivity index (χ0v) is 10.8. The Morgan fingerprint density at radius 3 is 2.41 bits per heavy atom. The van der Waals surface area contributed by atoms with E-state index in [1.165, 1.54) is 0 Å². The Bertz CT molecular complexity index is 429. The molecule has 0 atom stereocenters. The quantitative estimate of drug-likeness (QED) is 0.677. The summed E-state index contributed by atoms with van der Waals surface area (Å²) in [6.07, 6.45) is 1.55. The van der Waals surface area contributed by atoms with Crippen molar-refractivity contribution in [2.45, 2.75) is 19.8 Å². The summed E-state index contributed by atoms with van der Waals surface area (Å²) in [6.45, 7) is 2.92. The first-order valence-corrected chi connectivity index (χ1v) is 7.12. The minimum absolute atomic E-state index is 0.431. The molecule has 6 heteroatoms. The predicted molar refractivity (Wildman–Crippen MR) is 70.0 cm³/mol. The van der Waals surface area contributed by atoms with Crippen LogP contribution < -0.4 is 15.2 Å². The molecule has 0 unspecified atom stereocenters. The molecule has 0 aliphatic carbocycles. The van der Waals surface area contributed by atoms with Gasteiger partial charge in [-0.2, -0.15) is 13.1 Å². The zero-order valence-electron chi connectivity index (χ0n) is 9.94. The van der Waals surface area contributed by atoms with E-state index in [1.807, 2.05) is 19.1 Å². The van der Waals surface area contributed by atoms with Gasteiger partial charge in [0.05, 0.1) is 0 Å². The Balaban J connectivity index is 2.62. The molecule has 96 valence electrons. The van der Waals surface area contributed by atoms with Crippen LogP contribution in [0.25, 0.3) is 0 Å². The molecule has 1 aromatic carbocycles. The highest BCUT2D eigenvalue weighted by Gasteiger charge is 2.07. The molecule has 0 saturated carbocycles. The number of nitrogens with two attached hydrogens (primary N) is 1. The lowest BCUT2D eigenvalue weighted by Gasteiger charge is -2.09. The van der Waals surface area contributed by atoms with Crippen molar-refractivity contribution in [1.82, 2.24) is 4.72 Å². The molecule has 0 fully saturated rings. The zero-order chi connectivity index (χ0) is 12.7. The Hall–Kier alpha value is -1.11. The second kappa shape index (κ2) is 6.58. The Morgan fingerprint density at radius 2 is 1.88 bits per heavy atom. The number of rotatable bonds is 7. The van der Waals surface area contributed by atoms with E-state index in [-0.39, 0.29) is 0 Å². The molecule has 0 aliphatic rings. The molecule has 4 N–H and O–H groups in total. The largest absolute Gasteiger partial charge is 0.330 e. The topological polar surface area (TPSA) is 84.2 Å². The van der Waals surface area contributed by atoms with Gasteiger partial charge >= 0.3 is 0 Å². The Morgan fingerprint density at radius 1 is 1.24 bits per heavy atom. The first-order chi connectivity index (χ1) is 8.07. The monoisotopic (exact) mass is 257 g/mol. The average Bonchev–Trinajstić information content (AvgIpc) is 2.29. The Labute approximate surface area is 103 Å². The molecule has 0 aliphatic heterocycles. The van der Waals surface area contributed by atoms with E-state index in [1.54, 1.807) is 12.1 Å². The summed E-state index contributed by atoms with van der Waals surface area (Å²) in [5.41, 5.74) is 7.08. The second-order valence-corrected chi connectivity index (χ2v) is 5.24. The van der Waals surface area contributed by atoms with E-state index in [9.17, 15) is 8.42 Å². The molecule has 17 heavy (non-hydrogen) atoms. The van der Waals surface area contributed by atoms with Crippen LogP contribution in [0.3, 0.4) is 0 Å². The lowest BCUT2D eigenvalue weighted by molar-refractivity contribution is 0.586. The van der Waals surface area contributed by atoms with Crippen LogP contribution in [-0.4, -0.2) is 21.5 Å². The number of hydrogen-bond donors (Lipinski definition) is 3. The molecule has 1 aromatic rings. The van der Waals surface area contributed by atoms with Crippen LogP contribution >= 0.6 is 0 Å². The van der Waals surface area contributed by atoms with Gasteiger partial charge in [-0.1, -0.05) is 19.1 Å². The maximum atomic E-state index is 11.5. The van der Waals surface area contributed by atoms with Gasteiger partial charge in [-0.25, -0.2) is 0 Å². The molecular weight excluding hydrogens is 238 g/mol. The van der Waals surface area contributed by atoms with Crippen LogP contribution in [0.15, 0.2) is 24.3 Å². The molecule has 0 bridgehead atoms. The van der Waals surface area contributed by atoms with Crippen LogP contribution in [0.1, 0.15) is 18.9 Å². The highest BCUT2D eigenvalue weighted by atomic mass is 32.2. The molecule has 0 heterocycles. The third-order valence-electron chi connectivity index (χ3n) is 2.18. The van der Waals surface area contributed by atoms with E-state index in [0.29, 0.717) is 18.8 Å². The lowest BCUT2D eigenvalue weighted by Crippen LogP contribution is -2.30. The van der Waals surface area contributed by atoms with Crippen LogP contribution in [0, 0.1) is 0 Å². The predicted octanol–water partition coefficient (Wildman–Crippen LogP) is 0.844. The van der Waals surface area contributed by atoms with Gasteiger partial charge in [-0.3, -0.25) is 4.72 Å². The standard InChI is InChI=1S/C11H19N3O2S/c1-2-9-13-17(15,16)14-11-5-3-10(4-6-11)7-8-12/h3-6,13-14H,2,7-9,12H2,1H3. The molecule has 0 aromatic heterocycles. The summed E-state index contributed by atoms with van der Waals surface area (Å²) in [5.74, 6) is 0. The summed E-state index contributed by atoms with van der Waals surface area (Å²) >= 11 is 0. The minimum Gasteiger partial charge on any atom is -0.330 e. The fraction of sp³-hybridized carbons (Fsp3) is 0.455. The van der Waals surface area contributed by atoms with Crippen molar-refractivity contribution < 1.29 is 8.42 Å². The highest BCUT2D eigenvalue weighted by molar-refractivity contribution is 7.90. The minimum atomic E-state index is -3.45. The van der Waals surface area contributed by atoms with Crippen molar-refractivity contribution in [2.24, 2.45) is 5.73 Å². The van der Waals surface area contributed by atoms with Crippen LogP contribution in [-0.2, 0) is 16.6 Å². The average molecular weight is 257 g/mol. The maximum Gasteiger partial charge on any atom is 0.299 e. The lowest BCUT2D eigenvalue weighted by atomic mass is 10.1. The first kappa shape index (κ1) is 14.0. The summed E-state index contributed by atoms with van der Waals surface area (Å²) < 4.78 is 27.9. The van der Waals surface area contributed by atoms with Crippen molar-refractivity contribution in [3.05, 3.63) is 29.8 Å². The van der Waals surface area contributed by atoms with Gasteiger partial charge in [0, 0.05) is 12.2 Å². The normalized spacial score (nSPS) is 11.4. The van der Waals surface area contributed by atoms with E-state index < -0.39 is 10.2 Å². The maximum absolute atomic E-state index is 11.5. The SMILES string of the molecule is CCCNS(=O)(=O)Nc1ccc(CCN)cc1. The molecular formula is C11H19N3O2S. The second-order valence-electron chi connectivity index (χ2n) is 3.74. The van der Waals surface area contributed by atoms with E-state index >= 15 is 0 Å². The van der Waals surface area contributed by atoms with Crippen molar-refractivity contribution in [1.29, 1.82) is 0 Å². The first-order valence-electron chi connectivity index (χ1n) is 5.64. The van der Waals surface area contributed by atoms with Gasteiger partial charge in [-0.15, -0.1) is 0 Å². The summed E-state index contributed by atoms with van der Waals surface area (Å²) in [7, 11) is -3.45. The smallest absolute Gasteiger partial charge is 0.299 e. The number of anilines is 1. The van der Waals surface area contributed by atoms with Crippen molar-refractivity contribution in [3.63, 3.8) is 0 Å². The molecule has 0 spiro atoms. The summed E-state index contributed by atoms with van der Waals surface area (Å²) in [5, 5.41) is 0. The number of hydrogen-bond acceptors (Lipinski definition) is 3. The van der Waals surface area contributed by atoms with Gasteiger partial charge in [0.15, 0.2) is 0 Å². The van der Waals surface area contributed by atoms with Gasteiger partial charge < -0.3 is 5.73 Å². The Kier molecular flexibility index (Phi) is 5.40. The van der Waals surface area contributed by atoms with E-state index in [0.717, 1.165) is 18.4 Å². The van der Waals surface area contributed by atoms with Gasteiger partial charge in [-0.05, 0) is 37.1 Å². The van der Waals surface area contributed by atoms with Crippen LogP contribution in [0.5, 0.6) is 0 Å². The van der Waals surface area contributed by atoms with Gasteiger partial charge in [0.2, 0.25) is 0 Å². The molecule has 0 radical (unpaired) electrons.